The van der Waals surface area contributed by atoms with Gasteiger partial charge in [-0.15, -0.1) is 0 Å². The van der Waals surface area contributed by atoms with E-state index in [9.17, 15) is 35.2 Å². The standard InChI is InChI=1S/C12H9B2F5O5S/c13-4-6-1-7(5-14)3-8(2-6)9(20)24-10(11(15,16)17)12(18,19)25(21,22)23/h1-3,10H,4-5H2,(H,21,22,23). The number of carbonyl (C=O) groups is 1. The number of carbonyl (C=O) groups excluding carboxylic acids is 1. The van der Waals surface area contributed by atoms with Gasteiger partial charge in [-0.25, -0.2) is 4.79 Å². The van der Waals surface area contributed by atoms with Crippen LogP contribution in [0.3, 0.4) is 0 Å². The summed E-state index contributed by atoms with van der Waals surface area (Å²) in [5.41, 5.74) is -0.0937. The summed E-state index contributed by atoms with van der Waals surface area (Å²) in [6.45, 7) is 0. The van der Waals surface area contributed by atoms with E-state index in [0.717, 1.165) is 12.1 Å². The van der Waals surface area contributed by atoms with Crippen LogP contribution in [0.1, 0.15) is 21.5 Å². The summed E-state index contributed by atoms with van der Waals surface area (Å²) in [6, 6.07) is 3.37. The van der Waals surface area contributed by atoms with Crippen molar-refractivity contribution in [2.24, 2.45) is 0 Å². The summed E-state index contributed by atoms with van der Waals surface area (Å²) in [6.07, 6.45) is -10.7. The highest BCUT2D eigenvalue weighted by molar-refractivity contribution is 7.86. The fraction of sp³-hybridized carbons (Fsp3) is 0.417. The Morgan fingerprint density at radius 1 is 1.08 bits per heavy atom. The number of rotatable bonds is 6. The third-order valence-corrected chi connectivity index (χ3v) is 3.83. The summed E-state index contributed by atoms with van der Waals surface area (Å²) >= 11 is 0. The molecule has 1 unspecified atom stereocenters. The smallest absolute Gasteiger partial charge is 0.432 e. The highest BCUT2D eigenvalue weighted by Gasteiger charge is 2.66. The minimum absolute atomic E-state index is 0.141. The van der Waals surface area contributed by atoms with E-state index in [1.165, 1.54) is 6.07 Å². The lowest BCUT2D eigenvalue weighted by molar-refractivity contribution is -0.248. The van der Waals surface area contributed by atoms with Crippen LogP contribution >= 0.6 is 0 Å². The number of halogens is 5. The van der Waals surface area contributed by atoms with Crippen molar-refractivity contribution in [3.05, 3.63) is 34.9 Å². The van der Waals surface area contributed by atoms with E-state index in [1.54, 1.807) is 0 Å². The number of ether oxygens (including phenoxy) is 1. The zero-order chi connectivity index (χ0) is 19.6. The Hall–Kier alpha value is -1.62. The third kappa shape index (κ3) is 4.94. The minimum atomic E-state index is -6.51. The Bertz CT molecular complexity index is 729. The van der Waals surface area contributed by atoms with Gasteiger partial charge in [-0.05, 0) is 12.1 Å². The second kappa shape index (κ2) is 7.32. The molecule has 1 atom stereocenters. The molecule has 0 bridgehead atoms. The molecule has 0 heterocycles. The molecule has 0 aliphatic heterocycles. The molecule has 1 N–H and O–H groups in total. The molecule has 0 aliphatic rings. The number of alkyl halides is 5. The van der Waals surface area contributed by atoms with Crippen molar-refractivity contribution in [1.82, 2.24) is 0 Å². The first-order valence-corrected chi connectivity index (χ1v) is 7.83. The van der Waals surface area contributed by atoms with E-state index in [4.69, 9.17) is 20.2 Å². The molecule has 0 amide bonds. The molecule has 25 heavy (non-hydrogen) atoms. The summed E-state index contributed by atoms with van der Waals surface area (Å²) in [4.78, 5) is 11.8. The van der Waals surface area contributed by atoms with Crippen LogP contribution in [0.4, 0.5) is 22.0 Å². The summed E-state index contributed by atoms with van der Waals surface area (Å²) in [5.74, 6) is -1.89. The molecule has 1 aromatic carbocycles. The molecule has 5 nitrogen and oxygen atoms in total. The molecule has 0 aliphatic carbocycles. The molecule has 0 aromatic heterocycles. The minimum Gasteiger partial charge on any atom is -0.441 e. The Balaban J connectivity index is 3.29. The highest BCUT2D eigenvalue weighted by Crippen LogP contribution is 2.38. The SMILES string of the molecule is [B]Cc1cc(C[B])cc(C(=O)OC(C(F)(F)F)C(F)(F)S(=O)(=O)O)c1. The lowest BCUT2D eigenvalue weighted by atomic mass is 9.89. The summed E-state index contributed by atoms with van der Waals surface area (Å²) < 4.78 is 98.1. The topological polar surface area (TPSA) is 80.7 Å². The van der Waals surface area contributed by atoms with Crippen molar-refractivity contribution < 1.29 is 44.5 Å². The zero-order valence-electron chi connectivity index (χ0n) is 12.3. The Labute approximate surface area is 142 Å². The van der Waals surface area contributed by atoms with Crippen molar-refractivity contribution in [3.63, 3.8) is 0 Å². The lowest BCUT2D eigenvalue weighted by Gasteiger charge is -2.26. The van der Waals surface area contributed by atoms with E-state index in [-0.39, 0.29) is 23.8 Å². The molecule has 134 valence electrons. The second-order valence-electron chi connectivity index (χ2n) is 4.81. The molecular weight excluding hydrogens is 373 g/mol. The van der Waals surface area contributed by atoms with Gasteiger partial charge in [0.2, 0.25) is 0 Å². The van der Waals surface area contributed by atoms with Gasteiger partial charge in [0, 0.05) is 0 Å². The largest absolute Gasteiger partial charge is 0.441 e. The fourth-order valence-electron chi connectivity index (χ4n) is 1.75. The van der Waals surface area contributed by atoms with E-state index < -0.39 is 39.2 Å². The zero-order valence-corrected chi connectivity index (χ0v) is 13.1. The van der Waals surface area contributed by atoms with Crippen molar-refractivity contribution in [1.29, 1.82) is 0 Å². The van der Waals surface area contributed by atoms with Crippen molar-refractivity contribution in [2.45, 2.75) is 30.2 Å². The van der Waals surface area contributed by atoms with E-state index in [0.29, 0.717) is 0 Å². The first-order chi connectivity index (χ1) is 11.2. The molecule has 0 spiro atoms. The van der Waals surface area contributed by atoms with Crippen LogP contribution in [0, 0.1) is 0 Å². The maximum absolute atomic E-state index is 13.4. The molecule has 1 aromatic rings. The van der Waals surface area contributed by atoms with Gasteiger partial charge in [-0.1, -0.05) is 29.8 Å². The molecule has 0 saturated heterocycles. The quantitative estimate of drug-likeness (QED) is 0.350. The van der Waals surface area contributed by atoms with Crippen LogP contribution in [0.25, 0.3) is 0 Å². The number of hydrogen-bond acceptors (Lipinski definition) is 4. The molecule has 0 saturated carbocycles. The van der Waals surface area contributed by atoms with Crippen LogP contribution in [0.2, 0.25) is 0 Å². The monoisotopic (exact) mass is 382 g/mol. The number of hydrogen-bond donors (Lipinski definition) is 1. The summed E-state index contributed by atoms with van der Waals surface area (Å²) in [5, 5.41) is -5.80. The molecular formula is C12H9B2F5O5S. The van der Waals surface area contributed by atoms with E-state index in [2.05, 4.69) is 4.74 Å². The van der Waals surface area contributed by atoms with Crippen LogP contribution < -0.4 is 0 Å². The molecule has 4 radical (unpaired) electrons. The third-order valence-electron chi connectivity index (χ3n) is 2.93. The maximum Gasteiger partial charge on any atom is 0.432 e. The number of benzene rings is 1. The van der Waals surface area contributed by atoms with Crippen LogP contribution in [-0.2, 0) is 27.5 Å². The Morgan fingerprint density at radius 2 is 1.52 bits per heavy atom. The van der Waals surface area contributed by atoms with Crippen molar-refractivity contribution in [2.75, 3.05) is 0 Å². The Kier molecular flexibility index (Phi) is 6.27. The molecule has 13 heteroatoms. The molecule has 1 rings (SSSR count). The van der Waals surface area contributed by atoms with E-state index in [1.807, 2.05) is 0 Å². The van der Waals surface area contributed by atoms with Gasteiger partial charge in [0.25, 0.3) is 6.10 Å². The van der Waals surface area contributed by atoms with Crippen molar-refractivity contribution >= 4 is 31.8 Å². The average Bonchev–Trinajstić information content (AvgIpc) is 2.49. The van der Waals surface area contributed by atoms with Crippen LogP contribution in [0.15, 0.2) is 18.2 Å². The first kappa shape index (κ1) is 21.4. The van der Waals surface area contributed by atoms with Gasteiger partial charge in [-0.3, -0.25) is 4.55 Å². The molecule has 0 fully saturated rings. The van der Waals surface area contributed by atoms with Crippen LogP contribution in [0.5, 0.6) is 0 Å². The normalized spacial score (nSPS) is 14.2. The van der Waals surface area contributed by atoms with Gasteiger partial charge in [0.05, 0.1) is 21.3 Å². The van der Waals surface area contributed by atoms with Gasteiger partial charge in [-0.2, -0.15) is 30.4 Å². The van der Waals surface area contributed by atoms with Crippen molar-refractivity contribution in [3.8, 4) is 0 Å². The Morgan fingerprint density at radius 3 is 1.84 bits per heavy atom. The predicted octanol–water partition coefficient (Wildman–Crippen LogP) is 1.59. The fourth-order valence-corrected chi connectivity index (χ4v) is 2.20. The maximum atomic E-state index is 13.4. The lowest BCUT2D eigenvalue weighted by Crippen LogP contribution is -2.52. The van der Waals surface area contributed by atoms with Gasteiger partial charge in [0.15, 0.2) is 0 Å². The number of esters is 1. The van der Waals surface area contributed by atoms with Crippen LogP contribution in [-0.4, -0.2) is 52.2 Å². The van der Waals surface area contributed by atoms with Gasteiger partial charge >= 0.3 is 27.5 Å². The predicted molar refractivity (Wildman–Crippen MR) is 77.1 cm³/mol. The first-order valence-electron chi connectivity index (χ1n) is 6.39. The average molecular weight is 382 g/mol. The van der Waals surface area contributed by atoms with E-state index >= 15 is 0 Å². The second-order valence-corrected chi connectivity index (χ2v) is 6.30. The van der Waals surface area contributed by atoms with Gasteiger partial charge in [0.1, 0.15) is 0 Å². The van der Waals surface area contributed by atoms with Gasteiger partial charge < -0.3 is 4.74 Å². The highest BCUT2D eigenvalue weighted by atomic mass is 32.2. The summed E-state index contributed by atoms with van der Waals surface area (Å²) in [7, 11) is 4.16.